The van der Waals surface area contributed by atoms with Gasteiger partial charge in [0.05, 0.1) is 5.02 Å². The second-order valence-electron chi connectivity index (χ2n) is 5.52. The summed E-state index contributed by atoms with van der Waals surface area (Å²) in [5, 5.41) is 2.73. The molecule has 2 atom stereocenters. The Hall–Kier alpha value is -1.17. The van der Waals surface area contributed by atoms with Gasteiger partial charge in [0.15, 0.2) is 0 Å². The third-order valence-electron chi connectivity index (χ3n) is 3.24. The van der Waals surface area contributed by atoms with Crippen LogP contribution in [0.25, 0.3) is 0 Å². The third kappa shape index (κ3) is 3.91. The first-order valence-electron chi connectivity index (χ1n) is 6.72. The molecule has 6 heteroatoms. The largest absolute Gasteiger partial charge is 0.325 e. The van der Waals surface area contributed by atoms with Crippen LogP contribution in [0.3, 0.4) is 0 Å². The zero-order valence-corrected chi connectivity index (χ0v) is 12.3. The molecular weight excluding hydrogens is 281 g/mol. The molecular formula is C14H19ClFN3O. The normalized spacial score (nSPS) is 22.2. The summed E-state index contributed by atoms with van der Waals surface area (Å²) < 4.78 is 13.0. The lowest BCUT2D eigenvalue weighted by atomic mass is 10.00. The molecule has 1 aliphatic heterocycles. The SMILES string of the molecule is CC(C)CC1CC(C(=O)Nc2ccc(F)c(Cl)c2)NN1. The van der Waals surface area contributed by atoms with E-state index in [-0.39, 0.29) is 17.0 Å². The molecule has 4 nitrogen and oxygen atoms in total. The molecule has 2 rings (SSSR count). The molecule has 1 amide bonds. The maximum absolute atomic E-state index is 13.0. The summed E-state index contributed by atoms with van der Waals surface area (Å²) in [5.41, 5.74) is 6.61. The maximum Gasteiger partial charge on any atom is 0.242 e. The van der Waals surface area contributed by atoms with Gasteiger partial charge in [-0.25, -0.2) is 9.82 Å². The van der Waals surface area contributed by atoms with Crippen molar-refractivity contribution >= 4 is 23.2 Å². The van der Waals surface area contributed by atoms with Gasteiger partial charge >= 0.3 is 0 Å². The topological polar surface area (TPSA) is 53.2 Å². The molecule has 110 valence electrons. The molecule has 1 fully saturated rings. The van der Waals surface area contributed by atoms with E-state index in [1.807, 2.05) is 0 Å². The lowest BCUT2D eigenvalue weighted by Gasteiger charge is -2.12. The van der Waals surface area contributed by atoms with Gasteiger partial charge in [0, 0.05) is 11.7 Å². The fourth-order valence-corrected chi connectivity index (χ4v) is 2.50. The molecule has 3 N–H and O–H groups in total. The fourth-order valence-electron chi connectivity index (χ4n) is 2.32. The molecule has 0 aromatic heterocycles. The van der Waals surface area contributed by atoms with Gasteiger partial charge in [-0.15, -0.1) is 0 Å². The molecule has 1 aromatic carbocycles. The van der Waals surface area contributed by atoms with Crippen LogP contribution >= 0.6 is 11.6 Å². The smallest absolute Gasteiger partial charge is 0.242 e. The number of hydrazine groups is 1. The Morgan fingerprint density at radius 3 is 2.90 bits per heavy atom. The second kappa shape index (κ2) is 6.52. The minimum Gasteiger partial charge on any atom is -0.325 e. The molecule has 1 saturated heterocycles. The van der Waals surface area contributed by atoms with E-state index < -0.39 is 5.82 Å². The number of carbonyl (C=O) groups excluding carboxylic acids is 1. The van der Waals surface area contributed by atoms with Gasteiger partial charge in [-0.1, -0.05) is 25.4 Å². The average Bonchev–Trinajstić information content (AvgIpc) is 2.81. The molecule has 20 heavy (non-hydrogen) atoms. The van der Waals surface area contributed by atoms with Crippen molar-refractivity contribution in [3.8, 4) is 0 Å². The second-order valence-corrected chi connectivity index (χ2v) is 5.93. The van der Waals surface area contributed by atoms with Crippen molar-refractivity contribution < 1.29 is 9.18 Å². The van der Waals surface area contributed by atoms with Crippen LogP contribution in [0.4, 0.5) is 10.1 Å². The van der Waals surface area contributed by atoms with Crippen LogP contribution in [0.1, 0.15) is 26.7 Å². The number of hydrogen-bond acceptors (Lipinski definition) is 3. The summed E-state index contributed by atoms with van der Waals surface area (Å²) in [6, 6.07) is 4.14. The summed E-state index contributed by atoms with van der Waals surface area (Å²) >= 11 is 5.68. The quantitative estimate of drug-likeness (QED) is 0.801. The first-order valence-corrected chi connectivity index (χ1v) is 7.10. The summed E-state index contributed by atoms with van der Waals surface area (Å²) in [6.07, 6.45) is 1.75. The van der Waals surface area contributed by atoms with Gasteiger partial charge in [0.1, 0.15) is 11.9 Å². The van der Waals surface area contributed by atoms with Crippen LogP contribution in [-0.2, 0) is 4.79 Å². The first kappa shape index (κ1) is 15.2. The molecule has 1 heterocycles. The highest BCUT2D eigenvalue weighted by molar-refractivity contribution is 6.31. The van der Waals surface area contributed by atoms with Gasteiger partial charge in [-0.2, -0.15) is 0 Å². The van der Waals surface area contributed by atoms with Crippen molar-refractivity contribution in [2.45, 2.75) is 38.8 Å². The third-order valence-corrected chi connectivity index (χ3v) is 3.53. The highest BCUT2D eigenvalue weighted by Gasteiger charge is 2.29. The molecule has 0 spiro atoms. The summed E-state index contributed by atoms with van der Waals surface area (Å²) in [5.74, 6) is -0.0687. The molecule has 0 bridgehead atoms. The van der Waals surface area contributed by atoms with Gasteiger partial charge in [0.2, 0.25) is 5.91 Å². The number of amides is 1. The highest BCUT2D eigenvalue weighted by atomic mass is 35.5. The van der Waals surface area contributed by atoms with Crippen LogP contribution in [0.2, 0.25) is 5.02 Å². The first-order chi connectivity index (χ1) is 9.45. The van der Waals surface area contributed by atoms with Crippen LogP contribution in [0.5, 0.6) is 0 Å². The molecule has 1 aliphatic rings. The Morgan fingerprint density at radius 1 is 1.50 bits per heavy atom. The summed E-state index contributed by atoms with van der Waals surface area (Å²) in [6.45, 7) is 4.30. The number of benzene rings is 1. The zero-order chi connectivity index (χ0) is 14.7. The fraction of sp³-hybridized carbons (Fsp3) is 0.500. The standard InChI is InChI=1S/C14H19ClFN3O/c1-8(2)5-10-7-13(19-18-10)14(20)17-9-3-4-12(16)11(15)6-9/h3-4,6,8,10,13,18-19H,5,7H2,1-2H3,(H,17,20). The van der Waals surface area contributed by atoms with Gasteiger partial charge in [0.25, 0.3) is 0 Å². The van der Waals surface area contributed by atoms with Gasteiger partial charge < -0.3 is 5.32 Å². The van der Waals surface area contributed by atoms with Crippen LogP contribution in [0, 0.1) is 11.7 Å². The van der Waals surface area contributed by atoms with Crippen molar-refractivity contribution in [1.82, 2.24) is 10.9 Å². The van der Waals surface area contributed by atoms with E-state index in [1.165, 1.54) is 18.2 Å². The van der Waals surface area contributed by atoms with Crippen molar-refractivity contribution in [2.24, 2.45) is 5.92 Å². The minimum atomic E-state index is -0.498. The van der Waals surface area contributed by atoms with E-state index in [0.29, 0.717) is 17.6 Å². The Labute approximate surface area is 123 Å². The lowest BCUT2D eigenvalue weighted by Crippen LogP contribution is -2.40. The highest BCUT2D eigenvalue weighted by Crippen LogP contribution is 2.20. The predicted octanol–water partition coefficient (Wildman–Crippen LogP) is 2.70. The van der Waals surface area contributed by atoms with Crippen LogP contribution < -0.4 is 16.2 Å². The average molecular weight is 300 g/mol. The monoisotopic (exact) mass is 299 g/mol. The lowest BCUT2D eigenvalue weighted by molar-refractivity contribution is -0.117. The molecule has 0 aliphatic carbocycles. The number of halogens is 2. The minimum absolute atomic E-state index is 0.00186. The van der Waals surface area contributed by atoms with Crippen LogP contribution in [-0.4, -0.2) is 18.0 Å². The number of carbonyl (C=O) groups is 1. The van der Waals surface area contributed by atoms with E-state index >= 15 is 0 Å². The summed E-state index contributed by atoms with van der Waals surface area (Å²) in [7, 11) is 0. The molecule has 0 radical (unpaired) electrons. The number of rotatable bonds is 4. The van der Waals surface area contributed by atoms with E-state index in [2.05, 4.69) is 30.0 Å². The summed E-state index contributed by atoms with van der Waals surface area (Å²) in [4.78, 5) is 12.1. The Morgan fingerprint density at radius 2 is 2.25 bits per heavy atom. The predicted molar refractivity (Wildman–Crippen MR) is 78.0 cm³/mol. The van der Waals surface area contributed by atoms with Gasteiger partial charge in [-0.05, 0) is 37.0 Å². The van der Waals surface area contributed by atoms with Crippen molar-refractivity contribution in [1.29, 1.82) is 0 Å². The van der Waals surface area contributed by atoms with E-state index in [1.54, 1.807) is 0 Å². The Kier molecular flexibility index (Phi) is 4.96. The van der Waals surface area contributed by atoms with E-state index in [4.69, 9.17) is 11.6 Å². The molecule has 2 unspecified atom stereocenters. The maximum atomic E-state index is 13.0. The Bertz CT molecular complexity index is 495. The molecule has 0 saturated carbocycles. The molecule has 1 aromatic rings. The number of anilines is 1. The van der Waals surface area contributed by atoms with Crippen molar-refractivity contribution in [3.63, 3.8) is 0 Å². The van der Waals surface area contributed by atoms with E-state index in [9.17, 15) is 9.18 Å². The number of hydrogen-bond donors (Lipinski definition) is 3. The number of nitrogens with one attached hydrogen (secondary N) is 3. The van der Waals surface area contributed by atoms with Crippen molar-refractivity contribution in [3.05, 3.63) is 29.0 Å². The zero-order valence-electron chi connectivity index (χ0n) is 11.5. The Balaban J connectivity index is 1.91. The van der Waals surface area contributed by atoms with Crippen LogP contribution in [0.15, 0.2) is 18.2 Å². The van der Waals surface area contributed by atoms with Gasteiger partial charge in [-0.3, -0.25) is 10.2 Å². The van der Waals surface area contributed by atoms with Crippen molar-refractivity contribution in [2.75, 3.05) is 5.32 Å². The van der Waals surface area contributed by atoms with E-state index in [0.717, 1.165) is 12.8 Å².